The van der Waals surface area contributed by atoms with Crippen molar-refractivity contribution < 1.29 is 0 Å². The number of nitrogens with zero attached hydrogens (tertiary/aromatic N) is 3. The second kappa shape index (κ2) is 4.67. The van der Waals surface area contributed by atoms with E-state index in [2.05, 4.69) is 27.7 Å². The third-order valence-electron chi connectivity index (χ3n) is 3.20. The van der Waals surface area contributed by atoms with Gasteiger partial charge in [0.2, 0.25) is 0 Å². The lowest BCUT2D eigenvalue weighted by Gasteiger charge is -2.09. The number of pyridine rings is 1. The number of hydrogen-bond donors (Lipinski definition) is 1. The predicted octanol–water partition coefficient (Wildman–Crippen LogP) is 1.70. The Bertz CT molecular complexity index is 471. The highest BCUT2D eigenvalue weighted by Gasteiger charge is 2.14. The lowest BCUT2D eigenvalue weighted by molar-refractivity contribution is 0.476. The summed E-state index contributed by atoms with van der Waals surface area (Å²) in [7, 11) is 0. The summed E-state index contributed by atoms with van der Waals surface area (Å²) in [4.78, 5) is 4.12. The van der Waals surface area contributed by atoms with Crippen molar-refractivity contribution in [2.24, 2.45) is 0 Å². The van der Waals surface area contributed by atoms with E-state index < -0.39 is 0 Å². The lowest BCUT2D eigenvalue weighted by atomic mass is 10.2. The maximum Gasteiger partial charge on any atom is 0.0568 e. The summed E-state index contributed by atoms with van der Waals surface area (Å²) in [6.07, 6.45) is 10.2. The van der Waals surface area contributed by atoms with Gasteiger partial charge in [-0.2, -0.15) is 5.10 Å². The van der Waals surface area contributed by atoms with Crippen LogP contribution in [0.3, 0.4) is 0 Å². The van der Waals surface area contributed by atoms with Crippen molar-refractivity contribution in [1.29, 1.82) is 0 Å². The summed E-state index contributed by atoms with van der Waals surface area (Å²) in [6.45, 7) is 2.10. The molecule has 3 rings (SSSR count). The van der Waals surface area contributed by atoms with E-state index in [1.807, 2.05) is 23.1 Å². The Morgan fingerprint density at radius 1 is 1.35 bits per heavy atom. The van der Waals surface area contributed by atoms with Crippen LogP contribution in [0.4, 0.5) is 0 Å². The van der Waals surface area contributed by atoms with Crippen LogP contribution in [0.2, 0.25) is 0 Å². The van der Waals surface area contributed by atoms with E-state index in [4.69, 9.17) is 0 Å². The van der Waals surface area contributed by atoms with Crippen molar-refractivity contribution in [1.82, 2.24) is 20.1 Å². The van der Waals surface area contributed by atoms with Crippen LogP contribution in [-0.2, 0) is 6.54 Å². The van der Waals surface area contributed by atoms with E-state index in [0.29, 0.717) is 6.04 Å². The molecule has 0 aliphatic carbocycles. The van der Waals surface area contributed by atoms with Gasteiger partial charge in [0, 0.05) is 35.8 Å². The van der Waals surface area contributed by atoms with E-state index >= 15 is 0 Å². The first kappa shape index (κ1) is 10.5. The normalized spacial score (nSPS) is 19.6. The first-order valence-corrected chi connectivity index (χ1v) is 6.08. The Labute approximate surface area is 101 Å². The van der Waals surface area contributed by atoms with Gasteiger partial charge >= 0.3 is 0 Å². The molecule has 17 heavy (non-hydrogen) atoms. The van der Waals surface area contributed by atoms with Gasteiger partial charge < -0.3 is 5.32 Å². The van der Waals surface area contributed by atoms with Crippen LogP contribution in [0.1, 0.15) is 12.8 Å². The van der Waals surface area contributed by atoms with Crippen LogP contribution in [0, 0.1) is 0 Å². The molecule has 2 aromatic rings. The highest BCUT2D eigenvalue weighted by molar-refractivity contribution is 5.60. The highest BCUT2D eigenvalue weighted by atomic mass is 15.3. The molecule has 0 bridgehead atoms. The molecule has 2 aromatic heterocycles. The zero-order chi connectivity index (χ0) is 11.5. The first-order valence-electron chi connectivity index (χ1n) is 6.08. The van der Waals surface area contributed by atoms with Crippen LogP contribution >= 0.6 is 0 Å². The zero-order valence-corrected chi connectivity index (χ0v) is 9.71. The Balaban J connectivity index is 1.74. The maximum atomic E-state index is 4.40. The fraction of sp³-hybridized carbons (Fsp3) is 0.385. The van der Waals surface area contributed by atoms with Gasteiger partial charge in [0.15, 0.2) is 0 Å². The largest absolute Gasteiger partial charge is 0.312 e. The highest BCUT2D eigenvalue weighted by Crippen LogP contribution is 2.17. The molecule has 1 atom stereocenters. The average molecular weight is 228 g/mol. The summed E-state index contributed by atoms with van der Waals surface area (Å²) < 4.78 is 2.02. The molecule has 1 aliphatic rings. The molecule has 0 aromatic carbocycles. The van der Waals surface area contributed by atoms with Crippen molar-refractivity contribution in [3.8, 4) is 11.1 Å². The molecule has 4 heteroatoms. The first-order chi connectivity index (χ1) is 8.42. The van der Waals surface area contributed by atoms with Crippen LogP contribution in [-0.4, -0.2) is 27.4 Å². The molecule has 88 valence electrons. The maximum absolute atomic E-state index is 4.40. The van der Waals surface area contributed by atoms with E-state index in [0.717, 1.165) is 24.2 Å². The molecular formula is C13H16N4. The number of hydrogen-bond acceptors (Lipinski definition) is 3. The Kier molecular flexibility index (Phi) is 2.88. The van der Waals surface area contributed by atoms with Gasteiger partial charge in [-0.15, -0.1) is 0 Å². The van der Waals surface area contributed by atoms with Crippen molar-refractivity contribution >= 4 is 0 Å². The molecule has 1 N–H and O–H groups in total. The van der Waals surface area contributed by atoms with E-state index in [1.165, 1.54) is 12.8 Å². The van der Waals surface area contributed by atoms with Crippen LogP contribution in [0.25, 0.3) is 11.1 Å². The molecule has 4 nitrogen and oxygen atoms in total. The quantitative estimate of drug-likeness (QED) is 0.869. The summed E-state index contributed by atoms with van der Waals surface area (Å²) in [5.41, 5.74) is 2.26. The third-order valence-corrected chi connectivity index (χ3v) is 3.20. The van der Waals surface area contributed by atoms with Gasteiger partial charge in [0.1, 0.15) is 0 Å². The molecule has 1 fully saturated rings. The molecule has 0 radical (unpaired) electrons. The molecule has 0 saturated carbocycles. The third kappa shape index (κ3) is 2.36. The van der Waals surface area contributed by atoms with Gasteiger partial charge in [0.05, 0.1) is 12.7 Å². The number of nitrogens with one attached hydrogen (secondary N) is 1. The Hall–Kier alpha value is -1.68. The van der Waals surface area contributed by atoms with Crippen LogP contribution in [0.5, 0.6) is 0 Å². The van der Waals surface area contributed by atoms with Gasteiger partial charge in [-0.05, 0) is 25.5 Å². The van der Waals surface area contributed by atoms with Gasteiger partial charge in [0.25, 0.3) is 0 Å². The standard InChI is InChI=1S/C13H16N4/c1-3-11(7-14-5-1)12-8-16-17(9-12)10-13-4-2-6-15-13/h1,3,5,7-9,13,15H,2,4,6,10H2/t13-/m0/s1. The molecule has 1 saturated heterocycles. The SMILES string of the molecule is c1cncc(-c2cnn(C[C@@H]3CCCN3)c2)c1. The fourth-order valence-corrected chi connectivity index (χ4v) is 2.28. The summed E-state index contributed by atoms with van der Waals surface area (Å²) >= 11 is 0. The number of aromatic nitrogens is 3. The van der Waals surface area contributed by atoms with E-state index in [1.54, 1.807) is 6.20 Å². The fourth-order valence-electron chi connectivity index (χ4n) is 2.28. The monoisotopic (exact) mass is 228 g/mol. The smallest absolute Gasteiger partial charge is 0.0568 e. The van der Waals surface area contributed by atoms with Crippen molar-refractivity contribution in [2.45, 2.75) is 25.4 Å². The predicted molar refractivity (Wildman–Crippen MR) is 66.5 cm³/mol. The zero-order valence-electron chi connectivity index (χ0n) is 9.71. The van der Waals surface area contributed by atoms with Crippen LogP contribution in [0.15, 0.2) is 36.9 Å². The summed E-state index contributed by atoms with van der Waals surface area (Å²) in [5.74, 6) is 0. The molecular weight excluding hydrogens is 212 g/mol. The lowest BCUT2D eigenvalue weighted by Crippen LogP contribution is -2.26. The van der Waals surface area contributed by atoms with Gasteiger partial charge in [-0.3, -0.25) is 9.67 Å². The van der Waals surface area contributed by atoms with Crippen molar-refractivity contribution in [3.05, 3.63) is 36.9 Å². The second-order valence-electron chi connectivity index (χ2n) is 4.49. The topological polar surface area (TPSA) is 42.7 Å². The minimum Gasteiger partial charge on any atom is -0.312 e. The molecule has 0 spiro atoms. The Morgan fingerprint density at radius 3 is 3.12 bits per heavy atom. The molecule has 1 aliphatic heterocycles. The Morgan fingerprint density at radius 2 is 2.35 bits per heavy atom. The minimum atomic E-state index is 0.580. The molecule has 3 heterocycles. The summed E-state index contributed by atoms with van der Waals surface area (Å²) in [6, 6.07) is 4.59. The van der Waals surface area contributed by atoms with Gasteiger partial charge in [-0.25, -0.2) is 0 Å². The van der Waals surface area contributed by atoms with Crippen molar-refractivity contribution in [2.75, 3.05) is 6.54 Å². The second-order valence-corrected chi connectivity index (χ2v) is 4.49. The minimum absolute atomic E-state index is 0.580. The molecule has 0 unspecified atom stereocenters. The number of rotatable bonds is 3. The van der Waals surface area contributed by atoms with Crippen molar-refractivity contribution in [3.63, 3.8) is 0 Å². The average Bonchev–Trinajstić information content (AvgIpc) is 3.02. The molecule has 0 amide bonds. The van der Waals surface area contributed by atoms with E-state index in [-0.39, 0.29) is 0 Å². The summed E-state index contributed by atoms with van der Waals surface area (Å²) in [5, 5.41) is 7.89. The van der Waals surface area contributed by atoms with E-state index in [9.17, 15) is 0 Å². The van der Waals surface area contributed by atoms with Crippen LogP contribution < -0.4 is 5.32 Å². The van der Waals surface area contributed by atoms with Gasteiger partial charge in [-0.1, -0.05) is 6.07 Å².